The van der Waals surface area contributed by atoms with Gasteiger partial charge in [-0.1, -0.05) is 0 Å². The summed E-state index contributed by atoms with van der Waals surface area (Å²) in [6.45, 7) is 2.98. The third kappa shape index (κ3) is 3.70. The standard InChI is InChI=1S/C12H14F2N2O4/c1-12(2,3-4-17)15-11(18)7-5-8(13)9(14)6-10(7)16(19)20/h5-6,17H,3-4H2,1-2H3,(H,15,18). The second-order valence-corrected chi connectivity index (χ2v) is 4.85. The van der Waals surface area contributed by atoms with E-state index in [4.69, 9.17) is 5.11 Å². The molecule has 8 heteroatoms. The van der Waals surface area contributed by atoms with Crippen LogP contribution in [-0.2, 0) is 0 Å². The molecular weight excluding hydrogens is 274 g/mol. The highest BCUT2D eigenvalue weighted by molar-refractivity contribution is 5.98. The van der Waals surface area contributed by atoms with Crippen LogP contribution in [0.3, 0.4) is 0 Å². The van der Waals surface area contributed by atoms with Crippen LogP contribution in [0, 0.1) is 21.7 Å². The number of nitrogens with one attached hydrogen (secondary N) is 1. The Bertz CT molecular complexity index is 547. The fourth-order valence-electron chi connectivity index (χ4n) is 1.59. The van der Waals surface area contributed by atoms with Gasteiger partial charge in [-0.15, -0.1) is 0 Å². The van der Waals surface area contributed by atoms with Crippen molar-refractivity contribution in [3.63, 3.8) is 0 Å². The zero-order valence-corrected chi connectivity index (χ0v) is 10.9. The fraction of sp³-hybridized carbons (Fsp3) is 0.417. The van der Waals surface area contributed by atoms with E-state index < -0.39 is 39.3 Å². The molecule has 0 radical (unpaired) electrons. The van der Waals surface area contributed by atoms with E-state index >= 15 is 0 Å². The summed E-state index contributed by atoms with van der Waals surface area (Å²) in [5.74, 6) is -3.65. The molecule has 0 saturated heterocycles. The van der Waals surface area contributed by atoms with Crippen molar-refractivity contribution in [1.29, 1.82) is 0 Å². The summed E-state index contributed by atoms with van der Waals surface area (Å²) in [5.41, 5.74) is -2.23. The maximum atomic E-state index is 13.1. The first-order valence-corrected chi connectivity index (χ1v) is 5.75. The molecule has 0 fully saturated rings. The molecule has 6 nitrogen and oxygen atoms in total. The Morgan fingerprint density at radius 2 is 1.95 bits per heavy atom. The summed E-state index contributed by atoms with van der Waals surface area (Å²) in [6.07, 6.45) is 0.205. The minimum Gasteiger partial charge on any atom is -0.396 e. The first-order valence-electron chi connectivity index (χ1n) is 5.75. The molecular formula is C12H14F2N2O4. The number of carbonyl (C=O) groups excluding carboxylic acids is 1. The van der Waals surface area contributed by atoms with Crippen molar-refractivity contribution in [3.05, 3.63) is 39.4 Å². The molecule has 0 bridgehead atoms. The highest BCUT2D eigenvalue weighted by Gasteiger charge is 2.27. The van der Waals surface area contributed by atoms with Gasteiger partial charge in [-0.2, -0.15) is 0 Å². The Balaban J connectivity index is 3.15. The molecule has 2 N–H and O–H groups in total. The molecule has 0 aliphatic rings. The van der Waals surface area contributed by atoms with Crippen molar-refractivity contribution in [3.8, 4) is 0 Å². The number of carbonyl (C=O) groups is 1. The van der Waals surface area contributed by atoms with Crippen LogP contribution in [0.15, 0.2) is 12.1 Å². The van der Waals surface area contributed by atoms with Gasteiger partial charge in [0.05, 0.1) is 11.0 Å². The topological polar surface area (TPSA) is 92.5 Å². The van der Waals surface area contributed by atoms with Crippen LogP contribution < -0.4 is 5.32 Å². The smallest absolute Gasteiger partial charge is 0.285 e. The molecule has 1 aromatic carbocycles. The van der Waals surface area contributed by atoms with Gasteiger partial charge in [0.2, 0.25) is 0 Å². The Morgan fingerprint density at radius 3 is 2.45 bits per heavy atom. The number of amides is 1. The molecule has 0 unspecified atom stereocenters. The largest absolute Gasteiger partial charge is 0.396 e. The third-order valence-corrected chi connectivity index (χ3v) is 2.67. The van der Waals surface area contributed by atoms with Crippen molar-refractivity contribution < 1.29 is 23.6 Å². The zero-order valence-electron chi connectivity index (χ0n) is 10.9. The summed E-state index contributed by atoms with van der Waals surface area (Å²) >= 11 is 0. The average Bonchev–Trinajstić information content (AvgIpc) is 2.30. The average molecular weight is 288 g/mol. The number of nitrogens with zero attached hydrogens (tertiary/aromatic N) is 1. The van der Waals surface area contributed by atoms with Crippen LogP contribution in [-0.4, -0.2) is 28.1 Å². The second-order valence-electron chi connectivity index (χ2n) is 4.85. The minimum absolute atomic E-state index is 0.201. The van der Waals surface area contributed by atoms with Gasteiger partial charge in [0, 0.05) is 12.1 Å². The number of nitro groups is 1. The Morgan fingerprint density at radius 1 is 1.40 bits per heavy atom. The van der Waals surface area contributed by atoms with Gasteiger partial charge >= 0.3 is 0 Å². The van der Waals surface area contributed by atoms with Gasteiger partial charge < -0.3 is 10.4 Å². The van der Waals surface area contributed by atoms with Gasteiger partial charge in [0.15, 0.2) is 11.6 Å². The molecule has 0 aliphatic heterocycles. The van der Waals surface area contributed by atoms with E-state index in [0.717, 1.165) is 0 Å². The van der Waals surface area contributed by atoms with Gasteiger partial charge in [-0.3, -0.25) is 14.9 Å². The van der Waals surface area contributed by atoms with E-state index in [9.17, 15) is 23.7 Å². The number of hydrogen-bond donors (Lipinski definition) is 2. The predicted octanol–water partition coefficient (Wildman–Crippen LogP) is 1.76. The lowest BCUT2D eigenvalue weighted by Crippen LogP contribution is -2.44. The van der Waals surface area contributed by atoms with Gasteiger partial charge in [-0.25, -0.2) is 8.78 Å². The highest BCUT2D eigenvalue weighted by atomic mass is 19.2. The third-order valence-electron chi connectivity index (χ3n) is 2.67. The van der Waals surface area contributed by atoms with Gasteiger partial charge in [0.1, 0.15) is 5.56 Å². The Kier molecular flexibility index (Phi) is 4.72. The lowest BCUT2D eigenvalue weighted by Gasteiger charge is -2.25. The van der Waals surface area contributed by atoms with Crippen molar-refractivity contribution in [2.75, 3.05) is 6.61 Å². The summed E-state index contributed by atoms with van der Waals surface area (Å²) in [6, 6.07) is 0.848. The zero-order chi connectivity index (χ0) is 15.5. The molecule has 0 aliphatic carbocycles. The van der Waals surface area contributed by atoms with Crippen LogP contribution in [0.5, 0.6) is 0 Å². The molecule has 1 rings (SSSR count). The molecule has 0 spiro atoms. The van der Waals surface area contributed by atoms with E-state index in [-0.39, 0.29) is 13.0 Å². The monoisotopic (exact) mass is 288 g/mol. The van der Waals surface area contributed by atoms with E-state index in [1.807, 2.05) is 0 Å². The number of benzene rings is 1. The van der Waals surface area contributed by atoms with Crippen LogP contribution >= 0.6 is 0 Å². The number of aliphatic hydroxyl groups excluding tert-OH is 1. The number of hydrogen-bond acceptors (Lipinski definition) is 4. The van der Waals surface area contributed by atoms with Crippen LogP contribution in [0.25, 0.3) is 0 Å². The van der Waals surface area contributed by atoms with E-state index in [2.05, 4.69) is 5.32 Å². The molecule has 1 aromatic rings. The van der Waals surface area contributed by atoms with E-state index in [1.165, 1.54) is 0 Å². The van der Waals surface area contributed by atoms with E-state index in [1.54, 1.807) is 13.8 Å². The highest BCUT2D eigenvalue weighted by Crippen LogP contribution is 2.23. The Hall–Kier alpha value is -2.09. The molecule has 0 heterocycles. The van der Waals surface area contributed by atoms with Crippen molar-refractivity contribution in [2.24, 2.45) is 0 Å². The number of nitro benzene ring substituents is 1. The van der Waals surface area contributed by atoms with E-state index in [0.29, 0.717) is 12.1 Å². The van der Waals surface area contributed by atoms with Crippen molar-refractivity contribution >= 4 is 11.6 Å². The summed E-state index contributed by atoms with van der Waals surface area (Å²) in [5, 5.41) is 22.0. The number of aliphatic hydroxyl groups is 1. The number of rotatable bonds is 5. The van der Waals surface area contributed by atoms with Crippen LogP contribution in [0.1, 0.15) is 30.6 Å². The molecule has 0 saturated carbocycles. The maximum absolute atomic E-state index is 13.1. The molecule has 0 atom stereocenters. The molecule has 0 aromatic heterocycles. The fourth-order valence-corrected chi connectivity index (χ4v) is 1.59. The normalized spacial score (nSPS) is 11.2. The van der Waals surface area contributed by atoms with Crippen LogP contribution in [0.4, 0.5) is 14.5 Å². The lowest BCUT2D eigenvalue weighted by atomic mass is 10.00. The van der Waals surface area contributed by atoms with Crippen molar-refractivity contribution in [1.82, 2.24) is 5.32 Å². The van der Waals surface area contributed by atoms with Crippen LogP contribution in [0.2, 0.25) is 0 Å². The second kappa shape index (κ2) is 5.91. The predicted molar refractivity (Wildman–Crippen MR) is 66.3 cm³/mol. The molecule has 20 heavy (non-hydrogen) atoms. The SMILES string of the molecule is CC(C)(CCO)NC(=O)c1cc(F)c(F)cc1[N+](=O)[O-]. The Labute approximate surface area is 113 Å². The van der Waals surface area contributed by atoms with Gasteiger partial charge in [-0.05, 0) is 26.3 Å². The maximum Gasteiger partial charge on any atom is 0.285 e. The minimum atomic E-state index is -1.40. The number of halogens is 2. The quantitative estimate of drug-likeness (QED) is 0.638. The molecule has 110 valence electrons. The van der Waals surface area contributed by atoms with Crippen molar-refractivity contribution in [2.45, 2.75) is 25.8 Å². The lowest BCUT2D eigenvalue weighted by molar-refractivity contribution is -0.385. The first-order chi connectivity index (χ1) is 9.18. The summed E-state index contributed by atoms with van der Waals surface area (Å²) < 4.78 is 26.1. The van der Waals surface area contributed by atoms with Gasteiger partial charge in [0.25, 0.3) is 11.6 Å². The summed E-state index contributed by atoms with van der Waals surface area (Å²) in [7, 11) is 0. The summed E-state index contributed by atoms with van der Waals surface area (Å²) in [4.78, 5) is 21.8. The molecule has 1 amide bonds. The first kappa shape index (κ1) is 16.0.